The van der Waals surface area contributed by atoms with Crippen LogP contribution in [0.1, 0.15) is 18.4 Å². The summed E-state index contributed by atoms with van der Waals surface area (Å²) in [4.78, 5) is 13.1. The van der Waals surface area contributed by atoms with E-state index in [4.69, 9.17) is 4.74 Å². The highest BCUT2D eigenvalue weighted by atomic mass is 16.5. The quantitative estimate of drug-likeness (QED) is 0.588. The van der Waals surface area contributed by atoms with Gasteiger partial charge in [0.2, 0.25) is 0 Å². The number of ether oxygens (including phenoxy) is 1. The largest absolute Gasteiger partial charge is 0.456 e. The second kappa shape index (κ2) is 8.36. The van der Waals surface area contributed by atoms with E-state index >= 15 is 0 Å². The molecule has 28 heavy (non-hydrogen) atoms. The fraction of sp³-hybridized carbons (Fsp3) is 0.458. The van der Waals surface area contributed by atoms with Crippen molar-refractivity contribution in [3.05, 3.63) is 66.2 Å². The van der Waals surface area contributed by atoms with Crippen molar-refractivity contribution in [3.63, 3.8) is 0 Å². The van der Waals surface area contributed by atoms with Gasteiger partial charge in [-0.2, -0.15) is 0 Å². The predicted octanol–water partition coefficient (Wildman–Crippen LogP) is 3.74. The normalized spacial score (nSPS) is 27.2. The van der Waals surface area contributed by atoms with Crippen molar-refractivity contribution < 1.29 is 14.0 Å². The number of nitrogens with one attached hydrogen (secondary N) is 1. The predicted molar refractivity (Wildman–Crippen MR) is 112 cm³/mol. The number of carbonyl (C=O) groups is 1. The highest BCUT2D eigenvalue weighted by molar-refractivity contribution is 5.74. The lowest BCUT2D eigenvalue weighted by molar-refractivity contribution is -0.928. The van der Waals surface area contributed by atoms with E-state index in [9.17, 15) is 4.79 Å². The molecule has 148 valence electrons. The molecule has 0 unspecified atom stereocenters. The molecule has 2 atom stereocenters. The number of nitrogens with zero attached hydrogens (tertiary/aromatic N) is 1. The summed E-state index contributed by atoms with van der Waals surface area (Å²) in [5.74, 6) is 0.296. The van der Waals surface area contributed by atoms with Crippen molar-refractivity contribution in [1.29, 1.82) is 0 Å². The maximum absolute atomic E-state index is 13.1. The Kier molecular flexibility index (Phi) is 5.67. The van der Waals surface area contributed by atoms with Gasteiger partial charge in [0, 0.05) is 31.0 Å². The van der Waals surface area contributed by atoms with Crippen molar-refractivity contribution in [2.45, 2.75) is 25.4 Å². The first-order valence-corrected chi connectivity index (χ1v) is 10.5. The van der Waals surface area contributed by atoms with Crippen molar-refractivity contribution in [3.8, 4) is 0 Å². The van der Waals surface area contributed by atoms with E-state index in [1.165, 1.54) is 31.5 Å². The number of fused-ring (bicyclic) bond motifs is 3. The van der Waals surface area contributed by atoms with Gasteiger partial charge in [0.15, 0.2) is 6.10 Å². The average molecular weight is 380 g/mol. The standard InChI is InChI=1S/C24H31N2O2/c1-26-14-12-20(13-15-26)23(18-26)28-24(27)21(16-19-8-4-2-5-9-19)17-25-22-10-6-3-7-11-22/h2-11,20-21,23,25H,12-18H2,1H3/q+1/t20?,21-,23-,26?/m0/s1. The van der Waals surface area contributed by atoms with Gasteiger partial charge >= 0.3 is 5.97 Å². The summed E-state index contributed by atoms with van der Waals surface area (Å²) in [5.41, 5.74) is 2.21. The topological polar surface area (TPSA) is 38.3 Å². The van der Waals surface area contributed by atoms with Crippen molar-refractivity contribution in [1.82, 2.24) is 0 Å². The number of likely N-dealkylation sites (N-methyl/N-ethyl adjacent to an activating group) is 1. The summed E-state index contributed by atoms with van der Waals surface area (Å²) in [6.07, 6.45) is 3.14. The van der Waals surface area contributed by atoms with Crippen molar-refractivity contribution >= 4 is 11.7 Å². The van der Waals surface area contributed by atoms with E-state index in [-0.39, 0.29) is 18.0 Å². The summed E-state index contributed by atoms with van der Waals surface area (Å²) in [5, 5.41) is 3.42. The number of piperidine rings is 3. The molecule has 2 bridgehead atoms. The van der Waals surface area contributed by atoms with E-state index in [1.54, 1.807) is 0 Å². The number of rotatable bonds is 7. The number of hydrogen-bond donors (Lipinski definition) is 1. The molecule has 3 heterocycles. The summed E-state index contributed by atoms with van der Waals surface area (Å²) in [7, 11) is 2.30. The van der Waals surface area contributed by atoms with Gasteiger partial charge in [-0.1, -0.05) is 48.5 Å². The summed E-state index contributed by atoms with van der Waals surface area (Å²) in [6.45, 7) is 4.01. The third kappa shape index (κ3) is 4.56. The number of esters is 1. The molecule has 0 saturated carbocycles. The third-order valence-corrected chi connectivity index (χ3v) is 6.48. The molecule has 0 amide bonds. The maximum atomic E-state index is 13.1. The van der Waals surface area contributed by atoms with E-state index < -0.39 is 0 Å². The Labute approximate surface area is 168 Å². The highest BCUT2D eigenvalue weighted by Crippen LogP contribution is 2.34. The van der Waals surface area contributed by atoms with Crippen LogP contribution >= 0.6 is 0 Å². The molecule has 4 nitrogen and oxygen atoms in total. The molecule has 4 heteroatoms. The molecule has 3 aliphatic heterocycles. The maximum Gasteiger partial charge on any atom is 0.311 e. The monoisotopic (exact) mass is 379 g/mol. The first-order chi connectivity index (χ1) is 13.6. The second-order valence-corrected chi connectivity index (χ2v) is 8.70. The van der Waals surface area contributed by atoms with E-state index in [2.05, 4.69) is 24.5 Å². The van der Waals surface area contributed by atoms with E-state index in [1.807, 2.05) is 48.5 Å². The molecule has 3 fully saturated rings. The molecule has 1 N–H and O–H groups in total. The van der Waals surface area contributed by atoms with Crippen molar-refractivity contribution in [2.75, 3.05) is 38.5 Å². The van der Waals surface area contributed by atoms with E-state index in [0.717, 1.165) is 16.7 Å². The average Bonchev–Trinajstić information content (AvgIpc) is 2.72. The zero-order valence-electron chi connectivity index (χ0n) is 16.7. The molecular formula is C24H31N2O2+. The second-order valence-electron chi connectivity index (χ2n) is 8.70. The molecule has 2 aromatic rings. The van der Waals surface area contributed by atoms with Crippen LogP contribution in [0.15, 0.2) is 60.7 Å². The van der Waals surface area contributed by atoms with Gasteiger partial charge in [-0.25, -0.2) is 0 Å². The lowest BCUT2D eigenvalue weighted by Crippen LogP contribution is -2.62. The Morgan fingerprint density at radius 1 is 1.07 bits per heavy atom. The molecule has 3 aliphatic rings. The minimum absolute atomic E-state index is 0.0577. The first kappa shape index (κ1) is 19.0. The Hall–Kier alpha value is -2.33. The molecular weight excluding hydrogens is 348 g/mol. The Morgan fingerprint density at radius 3 is 2.36 bits per heavy atom. The number of hydrogen-bond acceptors (Lipinski definition) is 3. The summed E-state index contributed by atoms with van der Waals surface area (Å²) in [6, 6.07) is 20.3. The third-order valence-electron chi connectivity index (χ3n) is 6.48. The number of carbonyl (C=O) groups excluding carboxylic acids is 1. The number of para-hydroxylation sites is 1. The fourth-order valence-electron chi connectivity index (χ4n) is 4.66. The van der Waals surface area contributed by atoms with Gasteiger partial charge in [0.25, 0.3) is 0 Å². The van der Waals surface area contributed by atoms with Gasteiger partial charge in [-0.05, 0) is 24.1 Å². The molecule has 0 aliphatic carbocycles. The van der Waals surface area contributed by atoms with Crippen LogP contribution in [-0.2, 0) is 16.0 Å². The molecule has 3 saturated heterocycles. The van der Waals surface area contributed by atoms with Gasteiger partial charge < -0.3 is 14.5 Å². The van der Waals surface area contributed by atoms with Gasteiger partial charge in [0.05, 0.1) is 26.1 Å². The SMILES string of the molecule is C[N+]12CCC(CC1)[C@@H](OC(=O)[C@H](CNc1ccccc1)Cc1ccccc1)C2. The van der Waals surface area contributed by atoms with Crippen LogP contribution in [0.3, 0.4) is 0 Å². The van der Waals surface area contributed by atoms with Gasteiger partial charge in [0.1, 0.15) is 6.54 Å². The molecule has 2 aromatic carbocycles. The lowest BCUT2D eigenvalue weighted by Gasteiger charge is -2.49. The fourth-order valence-corrected chi connectivity index (χ4v) is 4.66. The Bertz CT molecular complexity index is 770. The van der Waals surface area contributed by atoms with Gasteiger partial charge in [-0.3, -0.25) is 4.79 Å². The molecule has 0 aromatic heterocycles. The Balaban J connectivity index is 1.43. The van der Waals surface area contributed by atoms with E-state index in [0.29, 0.717) is 18.9 Å². The minimum atomic E-state index is -0.191. The highest BCUT2D eigenvalue weighted by Gasteiger charge is 2.45. The number of benzene rings is 2. The van der Waals surface area contributed by atoms with Crippen LogP contribution in [-0.4, -0.2) is 49.8 Å². The van der Waals surface area contributed by atoms with Crippen LogP contribution in [0.25, 0.3) is 0 Å². The first-order valence-electron chi connectivity index (χ1n) is 10.5. The number of anilines is 1. The van der Waals surface area contributed by atoms with Gasteiger partial charge in [-0.15, -0.1) is 0 Å². The van der Waals surface area contributed by atoms with Crippen LogP contribution in [0, 0.1) is 11.8 Å². The minimum Gasteiger partial charge on any atom is -0.456 e. The lowest BCUT2D eigenvalue weighted by atomic mass is 9.84. The van der Waals surface area contributed by atoms with Crippen LogP contribution in [0.4, 0.5) is 5.69 Å². The zero-order valence-corrected chi connectivity index (χ0v) is 16.7. The van der Waals surface area contributed by atoms with Crippen molar-refractivity contribution in [2.24, 2.45) is 11.8 Å². The zero-order chi connectivity index (χ0) is 19.4. The van der Waals surface area contributed by atoms with Crippen LogP contribution in [0.5, 0.6) is 0 Å². The Morgan fingerprint density at radius 2 is 1.71 bits per heavy atom. The summed E-state index contributed by atoms with van der Waals surface area (Å²) >= 11 is 0. The van der Waals surface area contributed by atoms with Crippen LogP contribution in [0.2, 0.25) is 0 Å². The molecule has 5 rings (SSSR count). The van der Waals surface area contributed by atoms with Crippen LogP contribution < -0.4 is 5.32 Å². The molecule has 0 spiro atoms. The molecule has 0 radical (unpaired) electrons. The smallest absolute Gasteiger partial charge is 0.311 e. The number of quaternary nitrogens is 1. The summed E-state index contributed by atoms with van der Waals surface area (Å²) < 4.78 is 7.17.